The Balaban J connectivity index is 2.12. The van der Waals surface area contributed by atoms with Crippen molar-refractivity contribution in [3.05, 3.63) is 0 Å². The molecule has 0 aromatic rings. The number of rotatable bonds is 8. The van der Waals surface area contributed by atoms with Crippen molar-refractivity contribution in [3.63, 3.8) is 0 Å². The van der Waals surface area contributed by atoms with Gasteiger partial charge < -0.3 is 15.5 Å². The fourth-order valence-electron chi connectivity index (χ4n) is 2.47. The molecule has 4 heteroatoms. The van der Waals surface area contributed by atoms with Gasteiger partial charge in [-0.1, -0.05) is 13.8 Å². The van der Waals surface area contributed by atoms with Gasteiger partial charge in [0, 0.05) is 12.6 Å². The molecule has 2 unspecified atom stereocenters. The molecule has 0 spiro atoms. The minimum Gasteiger partial charge on any atom is -0.353 e. The SMILES string of the molecule is CCN(CC)CCCC(C)NC(=O)C1CCNC1. The molecule has 0 aromatic heterocycles. The molecule has 2 atom stereocenters. The summed E-state index contributed by atoms with van der Waals surface area (Å²) in [6.45, 7) is 11.7. The third-order valence-corrected chi connectivity index (χ3v) is 3.83. The first kappa shape index (κ1) is 15.4. The van der Waals surface area contributed by atoms with Crippen LogP contribution in [0.15, 0.2) is 0 Å². The minimum atomic E-state index is 0.190. The van der Waals surface area contributed by atoms with E-state index in [0.29, 0.717) is 6.04 Å². The molecular weight excluding hydrogens is 226 g/mol. The molecule has 4 nitrogen and oxygen atoms in total. The van der Waals surface area contributed by atoms with Gasteiger partial charge in [-0.2, -0.15) is 0 Å². The fraction of sp³-hybridized carbons (Fsp3) is 0.929. The molecule has 1 aliphatic heterocycles. The Morgan fingerprint density at radius 2 is 2.17 bits per heavy atom. The van der Waals surface area contributed by atoms with E-state index in [-0.39, 0.29) is 11.8 Å². The monoisotopic (exact) mass is 255 g/mol. The predicted molar refractivity (Wildman–Crippen MR) is 75.6 cm³/mol. The average molecular weight is 255 g/mol. The van der Waals surface area contributed by atoms with Crippen molar-refractivity contribution in [2.45, 2.75) is 46.1 Å². The summed E-state index contributed by atoms with van der Waals surface area (Å²) in [6.07, 6.45) is 3.21. The van der Waals surface area contributed by atoms with Crippen LogP contribution in [-0.2, 0) is 4.79 Å². The molecule has 0 saturated carbocycles. The van der Waals surface area contributed by atoms with E-state index in [1.165, 1.54) is 0 Å². The zero-order valence-electron chi connectivity index (χ0n) is 12.2. The lowest BCUT2D eigenvalue weighted by atomic mass is 10.1. The molecule has 1 aliphatic rings. The Bertz CT molecular complexity index is 235. The van der Waals surface area contributed by atoms with Gasteiger partial charge in [-0.15, -0.1) is 0 Å². The highest BCUT2D eigenvalue weighted by molar-refractivity contribution is 5.79. The topological polar surface area (TPSA) is 44.4 Å². The molecule has 1 fully saturated rings. The van der Waals surface area contributed by atoms with E-state index in [1.807, 2.05) is 0 Å². The zero-order chi connectivity index (χ0) is 13.4. The minimum absolute atomic E-state index is 0.190. The summed E-state index contributed by atoms with van der Waals surface area (Å²) in [7, 11) is 0. The Labute approximate surface area is 111 Å². The summed E-state index contributed by atoms with van der Waals surface area (Å²) in [5.74, 6) is 0.422. The van der Waals surface area contributed by atoms with Gasteiger partial charge in [0.05, 0.1) is 5.92 Å². The number of carbonyl (C=O) groups is 1. The van der Waals surface area contributed by atoms with E-state index < -0.39 is 0 Å². The van der Waals surface area contributed by atoms with Crippen molar-refractivity contribution in [2.75, 3.05) is 32.7 Å². The largest absolute Gasteiger partial charge is 0.353 e. The average Bonchev–Trinajstić information content (AvgIpc) is 2.88. The molecule has 0 bridgehead atoms. The highest BCUT2D eigenvalue weighted by Gasteiger charge is 2.23. The maximum absolute atomic E-state index is 11.9. The zero-order valence-corrected chi connectivity index (χ0v) is 12.2. The van der Waals surface area contributed by atoms with E-state index >= 15 is 0 Å². The van der Waals surface area contributed by atoms with Gasteiger partial charge in [-0.05, 0) is 52.4 Å². The van der Waals surface area contributed by atoms with Crippen molar-refractivity contribution in [2.24, 2.45) is 5.92 Å². The van der Waals surface area contributed by atoms with Crippen molar-refractivity contribution in [1.29, 1.82) is 0 Å². The standard InChI is InChI=1S/C14H29N3O/c1-4-17(5-2)10-6-7-12(3)16-14(18)13-8-9-15-11-13/h12-13,15H,4-11H2,1-3H3,(H,16,18). The molecule has 0 aromatic carbocycles. The predicted octanol–water partition coefficient (Wildman–Crippen LogP) is 1.22. The molecule has 1 rings (SSSR count). The van der Waals surface area contributed by atoms with Crippen LogP contribution >= 0.6 is 0 Å². The van der Waals surface area contributed by atoms with E-state index in [9.17, 15) is 4.79 Å². The van der Waals surface area contributed by atoms with Crippen molar-refractivity contribution >= 4 is 5.91 Å². The normalized spacial score (nSPS) is 21.2. The molecule has 1 saturated heterocycles. The second-order valence-electron chi connectivity index (χ2n) is 5.27. The first-order valence-corrected chi connectivity index (χ1v) is 7.40. The van der Waals surface area contributed by atoms with Gasteiger partial charge in [0.25, 0.3) is 0 Å². The number of hydrogen-bond acceptors (Lipinski definition) is 3. The molecular formula is C14H29N3O. The van der Waals surface area contributed by atoms with Gasteiger partial charge in [0.2, 0.25) is 5.91 Å². The van der Waals surface area contributed by atoms with Crippen molar-refractivity contribution < 1.29 is 4.79 Å². The van der Waals surface area contributed by atoms with E-state index in [4.69, 9.17) is 0 Å². The highest BCUT2D eigenvalue weighted by Crippen LogP contribution is 2.08. The van der Waals surface area contributed by atoms with Crippen LogP contribution in [0.2, 0.25) is 0 Å². The maximum Gasteiger partial charge on any atom is 0.224 e. The quantitative estimate of drug-likeness (QED) is 0.685. The van der Waals surface area contributed by atoms with Crippen molar-refractivity contribution in [3.8, 4) is 0 Å². The molecule has 0 aliphatic carbocycles. The molecule has 1 amide bonds. The smallest absolute Gasteiger partial charge is 0.224 e. The Kier molecular flexibility index (Phi) is 7.28. The number of nitrogens with one attached hydrogen (secondary N) is 2. The summed E-state index contributed by atoms with van der Waals surface area (Å²) in [4.78, 5) is 14.3. The summed E-state index contributed by atoms with van der Waals surface area (Å²) in [6, 6.07) is 0.300. The van der Waals surface area contributed by atoms with Crippen LogP contribution < -0.4 is 10.6 Å². The summed E-state index contributed by atoms with van der Waals surface area (Å²) < 4.78 is 0. The molecule has 2 N–H and O–H groups in total. The van der Waals surface area contributed by atoms with Gasteiger partial charge >= 0.3 is 0 Å². The molecule has 18 heavy (non-hydrogen) atoms. The van der Waals surface area contributed by atoms with Crippen molar-refractivity contribution in [1.82, 2.24) is 15.5 Å². The lowest BCUT2D eigenvalue weighted by molar-refractivity contribution is -0.125. The fourth-order valence-corrected chi connectivity index (χ4v) is 2.47. The summed E-state index contributed by atoms with van der Waals surface area (Å²) in [5.41, 5.74) is 0. The number of amides is 1. The van der Waals surface area contributed by atoms with Crippen LogP contribution in [0.4, 0.5) is 0 Å². The van der Waals surface area contributed by atoms with Crippen LogP contribution in [0, 0.1) is 5.92 Å². The number of carbonyl (C=O) groups excluding carboxylic acids is 1. The van der Waals surface area contributed by atoms with Gasteiger partial charge in [0.1, 0.15) is 0 Å². The van der Waals surface area contributed by atoms with Crippen LogP contribution in [0.25, 0.3) is 0 Å². The first-order chi connectivity index (χ1) is 8.67. The van der Waals surface area contributed by atoms with Crippen LogP contribution in [0.1, 0.15) is 40.0 Å². The second kappa shape index (κ2) is 8.48. The molecule has 0 radical (unpaired) electrons. The third-order valence-electron chi connectivity index (χ3n) is 3.83. The number of nitrogens with zero attached hydrogens (tertiary/aromatic N) is 1. The van der Waals surface area contributed by atoms with E-state index in [0.717, 1.165) is 52.0 Å². The maximum atomic E-state index is 11.9. The van der Waals surface area contributed by atoms with Crippen LogP contribution in [0.5, 0.6) is 0 Å². The highest BCUT2D eigenvalue weighted by atomic mass is 16.2. The Morgan fingerprint density at radius 1 is 1.44 bits per heavy atom. The van der Waals surface area contributed by atoms with Crippen LogP contribution in [0.3, 0.4) is 0 Å². The van der Waals surface area contributed by atoms with Gasteiger partial charge in [0.15, 0.2) is 0 Å². The number of hydrogen-bond donors (Lipinski definition) is 2. The summed E-state index contributed by atoms with van der Waals surface area (Å²) >= 11 is 0. The molecule has 1 heterocycles. The molecule has 106 valence electrons. The van der Waals surface area contributed by atoms with Crippen LogP contribution in [-0.4, -0.2) is 49.6 Å². The van der Waals surface area contributed by atoms with Gasteiger partial charge in [-0.25, -0.2) is 0 Å². The lowest BCUT2D eigenvalue weighted by Crippen LogP contribution is -2.38. The summed E-state index contributed by atoms with van der Waals surface area (Å²) in [5, 5.41) is 6.37. The lowest BCUT2D eigenvalue weighted by Gasteiger charge is -2.20. The van der Waals surface area contributed by atoms with E-state index in [1.54, 1.807) is 0 Å². The van der Waals surface area contributed by atoms with E-state index in [2.05, 4.69) is 36.3 Å². The van der Waals surface area contributed by atoms with Gasteiger partial charge in [-0.3, -0.25) is 4.79 Å². The Morgan fingerprint density at radius 3 is 2.72 bits per heavy atom. The Hall–Kier alpha value is -0.610. The first-order valence-electron chi connectivity index (χ1n) is 7.40. The third kappa shape index (κ3) is 5.36. The second-order valence-corrected chi connectivity index (χ2v) is 5.27.